The molecule has 2 N–H and O–H groups in total. The Labute approximate surface area is 157 Å². The Bertz CT molecular complexity index is 804. The van der Waals surface area contributed by atoms with Gasteiger partial charge >= 0.3 is 5.97 Å². The average Bonchev–Trinajstić information content (AvgIpc) is 2.98. The number of aromatic carboxylic acids is 1. The molecule has 27 heavy (non-hydrogen) atoms. The standard InChI is InChI=1S/C19H23N3O5/c1-12(23)20-7-15-6-16(24)8-22(15)19(9-20)10-21(11-19)17(25)13-3-2-4-14(5-13)18(26)27/h2-5,15-16,24H,6-11H2,1H3,(H,26,27). The summed E-state index contributed by atoms with van der Waals surface area (Å²) in [4.78, 5) is 41.6. The number of carboxylic acid groups (broad SMARTS) is 1. The van der Waals surface area contributed by atoms with E-state index in [4.69, 9.17) is 5.11 Å². The molecule has 3 saturated heterocycles. The van der Waals surface area contributed by atoms with Crippen LogP contribution >= 0.6 is 0 Å². The minimum atomic E-state index is -1.07. The smallest absolute Gasteiger partial charge is 0.335 e. The van der Waals surface area contributed by atoms with Crippen LogP contribution in [0, 0.1) is 0 Å². The molecule has 1 aromatic carbocycles. The van der Waals surface area contributed by atoms with Crippen molar-refractivity contribution in [3.8, 4) is 0 Å². The van der Waals surface area contributed by atoms with Crippen LogP contribution in [-0.2, 0) is 4.79 Å². The van der Waals surface area contributed by atoms with Crippen molar-refractivity contribution in [1.29, 1.82) is 0 Å². The van der Waals surface area contributed by atoms with E-state index < -0.39 is 12.1 Å². The maximum Gasteiger partial charge on any atom is 0.335 e. The summed E-state index contributed by atoms with van der Waals surface area (Å²) in [5.41, 5.74) is 0.104. The summed E-state index contributed by atoms with van der Waals surface area (Å²) in [5, 5.41) is 19.2. The first-order chi connectivity index (χ1) is 12.8. The first-order valence-electron chi connectivity index (χ1n) is 9.12. The Morgan fingerprint density at radius 3 is 2.41 bits per heavy atom. The van der Waals surface area contributed by atoms with Gasteiger partial charge in [-0.25, -0.2) is 4.79 Å². The number of piperazine rings is 1. The number of carbonyl (C=O) groups excluding carboxylic acids is 2. The van der Waals surface area contributed by atoms with Gasteiger partial charge in [0.15, 0.2) is 0 Å². The second-order valence-electron chi connectivity index (χ2n) is 7.87. The lowest BCUT2D eigenvalue weighted by Gasteiger charge is -2.60. The molecule has 0 aliphatic carbocycles. The van der Waals surface area contributed by atoms with Crippen LogP contribution in [-0.4, -0.2) is 93.1 Å². The van der Waals surface area contributed by atoms with Crippen molar-refractivity contribution in [2.75, 3.05) is 32.7 Å². The van der Waals surface area contributed by atoms with E-state index in [-0.39, 0.29) is 29.0 Å². The van der Waals surface area contributed by atoms with Gasteiger partial charge in [0.25, 0.3) is 5.91 Å². The molecule has 1 aromatic rings. The number of aliphatic hydroxyl groups excluding tert-OH is 1. The highest BCUT2D eigenvalue weighted by atomic mass is 16.4. The van der Waals surface area contributed by atoms with Crippen molar-refractivity contribution in [2.45, 2.75) is 31.0 Å². The van der Waals surface area contributed by atoms with Gasteiger partial charge in [0.05, 0.1) is 17.2 Å². The minimum Gasteiger partial charge on any atom is -0.478 e. The van der Waals surface area contributed by atoms with Crippen LogP contribution in [0.2, 0.25) is 0 Å². The fourth-order valence-electron chi connectivity index (χ4n) is 4.71. The van der Waals surface area contributed by atoms with Gasteiger partial charge < -0.3 is 20.0 Å². The zero-order valence-electron chi connectivity index (χ0n) is 15.2. The molecule has 0 saturated carbocycles. The van der Waals surface area contributed by atoms with E-state index in [2.05, 4.69) is 4.90 Å². The highest BCUT2D eigenvalue weighted by Crippen LogP contribution is 2.39. The van der Waals surface area contributed by atoms with Crippen LogP contribution in [0.1, 0.15) is 34.1 Å². The zero-order chi connectivity index (χ0) is 19.3. The van der Waals surface area contributed by atoms with Gasteiger partial charge in [-0.15, -0.1) is 0 Å². The van der Waals surface area contributed by atoms with E-state index >= 15 is 0 Å². The molecule has 3 fully saturated rings. The number of benzene rings is 1. The molecule has 0 radical (unpaired) electrons. The summed E-state index contributed by atoms with van der Waals surface area (Å²) in [6.45, 7) is 4.21. The summed E-state index contributed by atoms with van der Waals surface area (Å²) in [6, 6.07) is 6.15. The monoisotopic (exact) mass is 373 g/mol. The molecule has 4 rings (SSSR count). The maximum absolute atomic E-state index is 12.8. The van der Waals surface area contributed by atoms with Gasteiger partial charge in [0.2, 0.25) is 5.91 Å². The van der Waals surface area contributed by atoms with E-state index in [1.807, 2.05) is 4.90 Å². The number of hydrogen-bond donors (Lipinski definition) is 2. The van der Waals surface area contributed by atoms with Gasteiger partial charge in [-0.05, 0) is 24.6 Å². The third-order valence-corrected chi connectivity index (χ3v) is 5.98. The van der Waals surface area contributed by atoms with Crippen molar-refractivity contribution in [1.82, 2.24) is 14.7 Å². The maximum atomic E-state index is 12.8. The lowest BCUT2D eigenvalue weighted by molar-refractivity contribution is -0.144. The molecule has 0 aromatic heterocycles. The molecule has 3 aliphatic rings. The van der Waals surface area contributed by atoms with Crippen LogP contribution in [0.15, 0.2) is 24.3 Å². The van der Waals surface area contributed by atoms with Gasteiger partial charge in [0.1, 0.15) is 0 Å². The molecule has 2 atom stereocenters. The van der Waals surface area contributed by atoms with Gasteiger partial charge in [0, 0.05) is 51.3 Å². The summed E-state index contributed by atoms with van der Waals surface area (Å²) < 4.78 is 0. The number of carboxylic acids is 1. The second-order valence-corrected chi connectivity index (χ2v) is 7.87. The average molecular weight is 373 g/mol. The Balaban J connectivity index is 1.52. The molecule has 2 unspecified atom stereocenters. The number of aliphatic hydroxyl groups is 1. The van der Waals surface area contributed by atoms with Crippen molar-refractivity contribution in [3.05, 3.63) is 35.4 Å². The number of likely N-dealkylation sites (tertiary alicyclic amines) is 1. The SMILES string of the molecule is CC(=O)N1CC2CC(O)CN2C2(C1)CN(C(=O)c1cccc(C(=O)O)c1)C2. The fourth-order valence-corrected chi connectivity index (χ4v) is 4.71. The van der Waals surface area contributed by atoms with E-state index in [0.717, 1.165) is 0 Å². The van der Waals surface area contributed by atoms with Crippen LogP contribution in [0.4, 0.5) is 0 Å². The first kappa shape index (κ1) is 17.9. The van der Waals surface area contributed by atoms with Gasteiger partial charge in [-0.2, -0.15) is 0 Å². The summed E-state index contributed by atoms with van der Waals surface area (Å²) in [5.74, 6) is -1.27. The molecule has 144 valence electrons. The van der Waals surface area contributed by atoms with Gasteiger partial charge in [-0.3, -0.25) is 14.5 Å². The number of carbonyl (C=O) groups is 3. The molecular formula is C19H23N3O5. The molecule has 3 heterocycles. The topological polar surface area (TPSA) is 101 Å². The second kappa shape index (κ2) is 6.31. The third kappa shape index (κ3) is 2.98. The Kier molecular flexibility index (Phi) is 4.20. The summed E-state index contributed by atoms with van der Waals surface area (Å²) >= 11 is 0. The number of amides is 2. The lowest BCUT2D eigenvalue weighted by Crippen LogP contribution is -2.79. The lowest BCUT2D eigenvalue weighted by atomic mass is 9.83. The Morgan fingerprint density at radius 2 is 1.74 bits per heavy atom. The highest BCUT2D eigenvalue weighted by molar-refractivity contribution is 5.98. The first-order valence-corrected chi connectivity index (χ1v) is 9.12. The van der Waals surface area contributed by atoms with E-state index in [1.54, 1.807) is 24.0 Å². The highest BCUT2D eigenvalue weighted by Gasteiger charge is 2.57. The van der Waals surface area contributed by atoms with E-state index in [1.165, 1.54) is 12.1 Å². The predicted octanol–water partition coefficient (Wildman–Crippen LogP) is -0.123. The van der Waals surface area contributed by atoms with Crippen LogP contribution in [0.25, 0.3) is 0 Å². The van der Waals surface area contributed by atoms with Crippen molar-refractivity contribution in [2.24, 2.45) is 0 Å². The molecule has 1 spiro atoms. The third-order valence-electron chi connectivity index (χ3n) is 5.98. The molecular weight excluding hydrogens is 350 g/mol. The van der Waals surface area contributed by atoms with Crippen molar-refractivity contribution in [3.63, 3.8) is 0 Å². The van der Waals surface area contributed by atoms with Crippen LogP contribution < -0.4 is 0 Å². The number of hydrogen-bond acceptors (Lipinski definition) is 5. The number of nitrogens with zero attached hydrogens (tertiary/aromatic N) is 3. The fraction of sp³-hybridized carbons (Fsp3) is 0.526. The number of β-amino-alcohol motifs (C(OH)–C–C–N with tert-alkyl or cyclic N) is 1. The molecule has 0 bridgehead atoms. The molecule has 2 amide bonds. The molecule has 8 nitrogen and oxygen atoms in total. The predicted molar refractivity (Wildman–Crippen MR) is 95.4 cm³/mol. The Morgan fingerprint density at radius 1 is 1.07 bits per heavy atom. The summed E-state index contributed by atoms with van der Waals surface area (Å²) in [7, 11) is 0. The van der Waals surface area contributed by atoms with Crippen LogP contribution in [0.5, 0.6) is 0 Å². The number of fused-ring (bicyclic) bond motifs is 2. The Hall–Kier alpha value is -2.45. The van der Waals surface area contributed by atoms with Crippen molar-refractivity contribution < 1.29 is 24.6 Å². The zero-order valence-corrected chi connectivity index (χ0v) is 15.2. The quantitative estimate of drug-likeness (QED) is 0.749. The molecule has 3 aliphatic heterocycles. The molecule has 8 heteroatoms. The largest absolute Gasteiger partial charge is 0.478 e. The van der Waals surface area contributed by atoms with Crippen LogP contribution in [0.3, 0.4) is 0 Å². The van der Waals surface area contributed by atoms with E-state index in [9.17, 15) is 19.5 Å². The van der Waals surface area contributed by atoms with Crippen molar-refractivity contribution >= 4 is 17.8 Å². The van der Waals surface area contributed by atoms with Gasteiger partial charge in [-0.1, -0.05) is 6.07 Å². The summed E-state index contributed by atoms with van der Waals surface area (Å²) in [6.07, 6.45) is 0.232. The number of rotatable bonds is 2. The normalized spacial score (nSPS) is 26.6. The van der Waals surface area contributed by atoms with E-state index in [0.29, 0.717) is 44.7 Å². The minimum absolute atomic E-state index is 0.00866.